The van der Waals surface area contributed by atoms with Crippen LogP contribution in [-0.4, -0.2) is 31.2 Å². The predicted molar refractivity (Wildman–Crippen MR) is 77.2 cm³/mol. The summed E-state index contributed by atoms with van der Waals surface area (Å²) in [6.45, 7) is 5.96. The molecule has 1 unspecified atom stereocenters. The molecule has 0 spiro atoms. The Bertz CT molecular complexity index is 526. The molecule has 0 saturated carbocycles. The van der Waals surface area contributed by atoms with Crippen molar-refractivity contribution in [2.24, 2.45) is 5.41 Å². The molecule has 0 aliphatic carbocycles. The minimum Gasteiger partial charge on any atom is -0.392 e. The van der Waals surface area contributed by atoms with Crippen molar-refractivity contribution in [3.8, 4) is 0 Å². The molecule has 0 aliphatic heterocycles. The predicted octanol–water partition coefficient (Wildman–Crippen LogP) is 1.92. The minimum atomic E-state index is -3.64. The van der Waals surface area contributed by atoms with Gasteiger partial charge in [0, 0.05) is 23.4 Å². The van der Waals surface area contributed by atoms with Gasteiger partial charge in [-0.3, -0.25) is 4.98 Å². The molecule has 0 amide bonds. The van der Waals surface area contributed by atoms with E-state index in [1.165, 1.54) is 18.5 Å². The van der Waals surface area contributed by atoms with E-state index in [9.17, 15) is 13.5 Å². The maximum absolute atomic E-state index is 12.0. The highest BCUT2D eigenvalue weighted by molar-refractivity contribution is 9.10. The van der Waals surface area contributed by atoms with Gasteiger partial charge in [-0.2, -0.15) is 0 Å². The number of hydrogen-bond donors (Lipinski definition) is 2. The third-order valence-electron chi connectivity index (χ3n) is 2.35. The summed E-state index contributed by atoms with van der Waals surface area (Å²) in [7, 11) is -3.64. The Morgan fingerprint density at radius 3 is 2.58 bits per heavy atom. The number of rotatable bonds is 5. The molecule has 108 valence electrons. The number of pyridine rings is 1. The quantitative estimate of drug-likeness (QED) is 0.850. The van der Waals surface area contributed by atoms with Crippen LogP contribution in [0.25, 0.3) is 0 Å². The first-order chi connectivity index (χ1) is 8.60. The van der Waals surface area contributed by atoms with Gasteiger partial charge < -0.3 is 5.11 Å². The Hall–Kier alpha value is -0.500. The minimum absolute atomic E-state index is 0.00782. The Balaban J connectivity index is 2.66. The fourth-order valence-corrected chi connectivity index (χ4v) is 3.18. The van der Waals surface area contributed by atoms with Crippen LogP contribution in [0.15, 0.2) is 27.8 Å². The van der Waals surface area contributed by atoms with Crippen molar-refractivity contribution in [1.82, 2.24) is 9.71 Å². The van der Waals surface area contributed by atoms with Gasteiger partial charge in [0.2, 0.25) is 10.0 Å². The smallest absolute Gasteiger partial charge is 0.242 e. The number of aliphatic hydroxyl groups is 1. The monoisotopic (exact) mass is 350 g/mol. The molecule has 1 rings (SSSR count). The first-order valence-electron chi connectivity index (χ1n) is 5.88. The van der Waals surface area contributed by atoms with Crippen LogP contribution in [0.3, 0.4) is 0 Å². The first-order valence-corrected chi connectivity index (χ1v) is 8.16. The SMILES string of the molecule is CC(C)(C)CC(O)CNS(=O)(=O)c1cncc(Br)c1. The Morgan fingerprint density at radius 1 is 1.42 bits per heavy atom. The van der Waals surface area contributed by atoms with E-state index in [-0.39, 0.29) is 16.9 Å². The number of hydrogen-bond acceptors (Lipinski definition) is 4. The van der Waals surface area contributed by atoms with E-state index in [4.69, 9.17) is 0 Å². The van der Waals surface area contributed by atoms with E-state index in [0.29, 0.717) is 10.9 Å². The molecular weight excluding hydrogens is 332 g/mol. The number of sulfonamides is 1. The van der Waals surface area contributed by atoms with E-state index in [1.807, 2.05) is 20.8 Å². The zero-order chi connectivity index (χ0) is 14.7. The van der Waals surface area contributed by atoms with Crippen LogP contribution < -0.4 is 4.72 Å². The highest BCUT2D eigenvalue weighted by atomic mass is 79.9. The molecule has 0 bridgehead atoms. The number of nitrogens with one attached hydrogen (secondary N) is 1. The van der Waals surface area contributed by atoms with Crippen LogP contribution in [0.5, 0.6) is 0 Å². The van der Waals surface area contributed by atoms with Crippen molar-refractivity contribution in [2.75, 3.05) is 6.54 Å². The highest BCUT2D eigenvalue weighted by Gasteiger charge is 2.20. The van der Waals surface area contributed by atoms with Crippen LogP contribution in [0.4, 0.5) is 0 Å². The van der Waals surface area contributed by atoms with Crippen LogP contribution in [0.1, 0.15) is 27.2 Å². The third kappa shape index (κ3) is 5.99. The van der Waals surface area contributed by atoms with E-state index in [2.05, 4.69) is 25.6 Å². The summed E-state index contributed by atoms with van der Waals surface area (Å²) in [6, 6.07) is 1.46. The molecule has 0 radical (unpaired) electrons. The van der Waals surface area contributed by atoms with E-state index in [0.717, 1.165) is 0 Å². The number of aliphatic hydroxyl groups excluding tert-OH is 1. The average Bonchev–Trinajstić information content (AvgIpc) is 2.24. The molecule has 1 heterocycles. The molecule has 7 heteroatoms. The van der Waals surface area contributed by atoms with Crippen LogP contribution >= 0.6 is 15.9 Å². The zero-order valence-corrected chi connectivity index (χ0v) is 13.6. The van der Waals surface area contributed by atoms with Crippen LogP contribution in [0.2, 0.25) is 0 Å². The molecule has 0 saturated heterocycles. The lowest BCUT2D eigenvalue weighted by atomic mass is 9.89. The molecule has 1 aromatic rings. The molecule has 0 aromatic carbocycles. The van der Waals surface area contributed by atoms with Gasteiger partial charge >= 0.3 is 0 Å². The van der Waals surface area contributed by atoms with Gasteiger partial charge in [-0.25, -0.2) is 13.1 Å². The van der Waals surface area contributed by atoms with Gasteiger partial charge in [0.15, 0.2) is 0 Å². The van der Waals surface area contributed by atoms with E-state index >= 15 is 0 Å². The second-order valence-corrected chi connectivity index (χ2v) is 8.29. The van der Waals surface area contributed by atoms with Crippen molar-refractivity contribution in [2.45, 2.75) is 38.2 Å². The Kier molecular flexibility index (Phi) is 5.49. The number of aromatic nitrogens is 1. The average molecular weight is 351 g/mol. The topological polar surface area (TPSA) is 79.3 Å². The standard InChI is InChI=1S/C12H19BrN2O3S/c1-12(2,3)5-10(16)7-15-19(17,18)11-4-9(13)6-14-8-11/h4,6,8,10,15-16H,5,7H2,1-3H3. The van der Waals surface area contributed by atoms with E-state index < -0.39 is 16.1 Å². The van der Waals surface area contributed by atoms with Crippen molar-refractivity contribution in [3.05, 3.63) is 22.9 Å². The van der Waals surface area contributed by atoms with E-state index in [1.54, 1.807) is 0 Å². The lowest BCUT2D eigenvalue weighted by Crippen LogP contribution is -2.34. The second kappa shape index (κ2) is 6.30. The summed E-state index contributed by atoms with van der Waals surface area (Å²) in [5.74, 6) is 0. The van der Waals surface area contributed by atoms with Crippen molar-refractivity contribution in [3.63, 3.8) is 0 Å². The summed E-state index contributed by atoms with van der Waals surface area (Å²) in [5, 5.41) is 9.80. The molecule has 19 heavy (non-hydrogen) atoms. The van der Waals surface area contributed by atoms with Gasteiger partial charge in [-0.05, 0) is 33.8 Å². The fourth-order valence-electron chi connectivity index (χ4n) is 1.61. The lowest BCUT2D eigenvalue weighted by Gasteiger charge is -2.22. The molecule has 2 N–H and O–H groups in total. The van der Waals surface area contributed by atoms with Crippen LogP contribution in [0, 0.1) is 5.41 Å². The number of halogens is 1. The molecule has 1 atom stereocenters. The van der Waals surface area contributed by atoms with Crippen molar-refractivity contribution >= 4 is 26.0 Å². The molecule has 5 nitrogen and oxygen atoms in total. The fraction of sp³-hybridized carbons (Fsp3) is 0.583. The largest absolute Gasteiger partial charge is 0.392 e. The van der Waals surface area contributed by atoms with Gasteiger partial charge in [-0.1, -0.05) is 20.8 Å². The second-order valence-electron chi connectivity index (χ2n) is 5.61. The van der Waals surface area contributed by atoms with Gasteiger partial charge in [0.05, 0.1) is 6.10 Å². The normalized spacial score (nSPS) is 14.4. The Morgan fingerprint density at radius 2 is 2.05 bits per heavy atom. The maximum Gasteiger partial charge on any atom is 0.242 e. The van der Waals surface area contributed by atoms with Crippen molar-refractivity contribution < 1.29 is 13.5 Å². The summed E-state index contributed by atoms with van der Waals surface area (Å²) in [6.07, 6.45) is 2.58. The van der Waals surface area contributed by atoms with Gasteiger partial charge in [-0.15, -0.1) is 0 Å². The number of nitrogens with zero attached hydrogens (tertiary/aromatic N) is 1. The third-order valence-corrected chi connectivity index (χ3v) is 4.17. The first kappa shape index (κ1) is 16.6. The molecular formula is C12H19BrN2O3S. The molecule has 0 fully saturated rings. The summed E-state index contributed by atoms with van der Waals surface area (Å²) in [5.41, 5.74) is -0.0534. The molecule has 0 aliphatic rings. The molecule has 1 aromatic heterocycles. The summed E-state index contributed by atoms with van der Waals surface area (Å²) < 4.78 is 26.9. The van der Waals surface area contributed by atoms with Gasteiger partial charge in [0.1, 0.15) is 4.90 Å². The highest BCUT2D eigenvalue weighted by Crippen LogP contribution is 2.20. The lowest BCUT2D eigenvalue weighted by molar-refractivity contribution is 0.125. The maximum atomic E-state index is 12.0. The Labute approximate surface area is 122 Å². The van der Waals surface area contributed by atoms with Gasteiger partial charge in [0.25, 0.3) is 0 Å². The zero-order valence-electron chi connectivity index (χ0n) is 11.2. The van der Waals surface area contributed by atoms with Crippen molar-refractivity contribution in [1.29, 1.82) is 0 Å². The summed E-state index contributed by atoms with van der Waals surface area (Å²) >= 11 is 3.17. The summed E-state index contributed by atoms with van der Waals surface area (Å²) in [4.78, 5) is 3.88. The van der Waals surface area contributed by atoms with Crippen LogP contribution in [-0.2, 0) is 10.0 Å².